The summed E-state index contributed by atoms with van der Waals surface area (Å²) in [5.41, 5.74) is 1.12. The molecule has 0 heterocycles. The molecule has 2 aromatic rings. The smallest absolute Gasteiger partial charge is 0.253 e. The second-order valence-corrected chi connectivity index (χ2v) is 5.13. The first-order valence-electron chi connectivity index (χ1n) is 5.99. The molecule has 0 saturated carbocycles. The molecule has 0 aliphatic rings. The molecule has 104 valence electrons. The topological polar surface area (TPSA) is 29.1 Å². The Hall–Kier alpha value is -1.58. The molecule has 2 aromatic carbocycles. The van der Waals surface area contributed by atoms with Gasteiger partial charge in [-0.25, -0.2) is 4.39 Å². The van der Waals surface area contributed by atoms with Crippen molar-refractivity contribution >= 4 is 29.1 Å². The number of benzene rings is 2. The van der Waals surface area contributed by atoms with Crippen molar-refractivity contribution in [2.75, 3.05) is 0 Å². The Balaban J connectivity index is 2.15. The summed E-state index contributed by atoms with van der Waals surface area (Å²) in [6.07, 6.45) is 0. The van der Waals surface area contributed by atoms with Gasteiger partial charge in [-0.1, -0.05) is 41.4 Å². The Morgan fingerprint density at radius 3 is 2.45 bits per heavy atom. The minimum absolute atomic E-state index is 0.220. The van der Waals surface area contributed by atoms with Crippen molar-refractivity contribution in [3.8, 4) is 0 Å². The normalized spacial score (nSPS) is 12.0. The SMILES string of the molecule is CC(NC(=O)c1cccc(Cl)c1Cl)c1ccc(F)cc1. The van der Waals surface area contributed by atoms with Crippen molar-refractivity contribution < 1.29 is 9.18 Å². The fourth-order valence-corrected chi connectivity index (χ4v) is 2.17. The molecular weight excluding hydrogens is 300 g/mol. The van der Waals surface area contributed by atoms with E-state index < -0.39 is 0 Å². The molecule has 20 heavy (non-hydrogen) atoms. The summed E-state index contributed by atoms with van der Waals surface area (Å²) >= 11 is 11.9. The quantitative estimate of drug-likeness (QED) is 0.880. The van der Waals surface area contributed by atoms with Gasteiger partial charge in [-0.05, 0) is 36.8 Å². The van der Waals surface area contributed by atoms with Crippen LogP contribution >= 0.6 is 23.2 Å². The van der Waals surface area contributed by atoms with Gasteiger partial charge in [0.25, 0.3) is 5.91 Å². The molecule has 0 aliphatic heterocycles. The number of hydrogen-bond donors (Lipinski definition) is 1. The van der Waals surface area contributed by atoms with Gasteiger partial charge < -0.3 is 5.32 Å². The number of nitrogens with one attached hydrogen (secondary N) is 1. The number of amides is 1. The Kier molecular flexibility index (Phi) is 4.63. The van der Waals surface area contributed by atoms with Gasteiger partial charge in [0.05, 0.1) is 21.7 Å². The number of halogens is 3. The summed E-state index contributed by atoms with van der Waals surface area (Å²) in [6.45, 7) is 1.81. The molecule has 1 unspecified atom stereocenters. The van der Waals surface area contributed by atoms with Gasteiger partial charge in [0.2, 0.25) is 0 Å². The predicted molar refractivity (Wildman–Crippen MR) is 78.7 cm³/mol. The van der Waals surface area contributed by atoms with Gasteiger partial charge in [0.15, 0.2) is 0 Å². The first kappa shape index (κ1) is 14.8. The van der Waals surface area contributed by atoms with E-state index in [1.165, 1.54) is 12.1 Å². The Labute approximate surface area is 126 Å². The van der Waals surface area contributed by atoms with Gasteiger partial charge in [0.1, 0.15) is 5.82 Å². The van der Waals surface area contributed by atoms with E-state index in [2.05, 4.69) is 5.32 Å². The highest BCUT2D eigenvalue weighted by atomic mass is 35.5. The molecule has 2 rings (SSSR count). The summed E-state index contributed by atoms with van der Waals surface area (Å²) in [6, 6.07) is 10.6. The van der Waals surface area contributed by atoms with E-state index in [1.54, 1.807) is 30.3 Å². The summed E-state index contributed by atoms with van der Waals surface area (Å²) in [5, 5.41) is 3.34. The summed E-state index contributed by atoms with van der Waals surface area (Å²) in [4.78, 5) is 12.1. The van der Waals surface area contributed by atoms with Crippen molar-refractivity contribution in [3.05, 3.63) is 69.5 Å². The molecule has 1 N–H and O–H groups in total. The Bertz CT molecular complexity index is 628. The molecule has 2 nitrogen and oxygen atoms in total. The summed E-state index contributed by atoms with van der Waals surface area (Å²) in [7, 11) is 0. The average molecular weight is 312 g/mol. The highest BCUT2D eigenvalue weighted by Gasteiger charge is 2.15. The molecule has 1 amide bonds. The minimum Gasteiger partial charge on any atom is -0.345 e. The second kappa shape index (κ2) is 6.25. The molecule has 0 aromatic heterocycles. The van der Waals surface area contributed by atoms with Crippen molar-refractivity contribution in [2.45, 2.75) is 13.0 Å². The lowest BCUT2D eigenvalue weighted by Gasteiger charge is -2.15. The maximum Gasteiger partial charge on any atom is 0.253 e. The van der Waals surface area contributed by atoms with E-state index in [0.29, 0.717) is 10.6 Å². The van der Waals surface area contributed by atoms with Gasteiger partial charge in [0, 0.05) is 0 Å². The van der Waals surface area contributed by atoms with Crippen LogP contribution in [0.2, 0.25) is 10.0 Å². The van der Waals surface area contributed by atoms with Crippen LogP contribution in [-0.2, 0) is 0 Å². The van der Waals surface area contributed by atoms with Crippen LogP contribution in [0.5, 0.6) is 0 Å². The van der Waals surface area contributed by atoms with E-state index in [1.807, 2.05) is 6.92 Å². The number of rotatable bonds is 3. The maximum absolute atomic E-state index is 12.9. The zero-order valence-corrected chi connectivity index (χ0v) is 12.2. The zero-order valence-electron chi connectivity index (χ0n) is 10.7. The minimum atomic E-state index is -0.325. The molecule has 1 atom stereocenters. The van der Waals surface area contributed by atoms with E-state index in [4.69, 9.17) is 23.2 Å². The molecule has 0 aliphatic carbocycles. The van der Waals surface area contributed by atoms with Crippen LogP contribution in [0, 0.1) is 5.82 Å². The Morgan fingerprint density at radius 2 is 1.80 bits per heavy atom. The zero-order chi connectivity index (χ0) is 14.7. The predicted octanol–water partition coefficient (Wildman–Crippen LogP) is 4.62. The first-order valence-corrected chi connectivity index (χ1v) is 6.75. The third-order valence-electron chi connectivity index (χ3n) is 2.91. The third-order valence-corrected chi connectivity index (χ3v) is 3.73. The highest BCUT2D eigenvalue weighted by Crippen LogP contribution is 2.26. The fourth-order valence-electron chi connectivity index (χ4n) is 1.79. The lowest BCUT2D eigenvalue weighted by molar-refractivity contribution is 0.0940. The van der Waals surface area contributed by atoms with Crippen LogP contribution < -0.4 is 5.32 Å². The van der Waals surface area contributed by atoms with Gasteiger partial charge in [-0.15, -0.1) is 0 Å². The molecule has 0 radical (unpaired) electrons. The van der Waals surface area contributed by atoms with Crippen LogP contribution in [0.3, 0.4) is 0 Å². The monoisotopic (exact) mass is 311 g/mol. The van der Waals surface area contributed by atoms with E-state index in [0.717, 1.165) is 5.56 Å². The van der Waals surface area contributed by atoms with E-state index in [9.17, 15) is 9.18 Å². The maximum atomic E-state index is 12.9. The molecular formula is C15H12Cl2FNO. The van der Waals surface area contributed by atoms with E-state index in [-0.39, 0.29) is 22.8 Å². The van der Waals surface area contributed by atoms with E-state index >= 15 is 0 Å². The van der Waals surface area contributed by atoms with Gasteiger partial charge >= 0.3 is 0 Å². The van der Waals surface area contributed by atoms with Crippen molar-refractivity contribution in [2.24, 2.45) is 0 Å². The van der Waals surface area contributed by atoms with Crippen LogP contribution in [0.1, 0.15) is 28.9 Å². The number of carbonyl (C=O) groups excluding carboxylic acids is 1. The van der Waals surface area contributed by atoms with Crippen LogP contribution in [0.15, 0.2) is 42.5 Å². The second-order valence-electron chi connectivity index (χ2n) is 4.35. The highest BCUT2D eigenvalue weighted by molar-refractivity contribution is 6.43. The largest absolute Gasteiger partial charge is 0.345 e. The lowest BCUT2D eigenvalue weighted by Crippen LogP contribution is -2.26. The average Bonchev–Trinajstić information content (AvgIpc) is 2.42. The third kappa shape index (κ3) is 3.30. The van der Waals surface area contributed by atoms with Gasteiger partial charge in [-0.3, -0.25) is 4.79 Å². The van der Waals surface area contributed by atoms with Crippen molar-refractivity contribution in [3.63, 3.8) is 0 Å². The standard InChI is InChI=1S/C15H12Cl2FNO/c1-9(10-5-7-11(18)8-6-10)19-15(20)12-3-2-4-13(16)14(12)17/h2-9H,1H3,(H,19,20). The van der Waals surface area contributed by atoms with Crippen molar-refractivity contribution in [1.29, 1.82) is 0 Å². The summed E-state index contributed by atoms with van der Waals surface area (Å²) < 4.78 is 12.9. The molecule has 0 saturated heterocycles. The Morgan fingerprint density at radius 1 is 1.15 bits per heavy atom. The number of carbonyl (C=O) groups is 1. The first-order chi connectivity index (χ1) is 9.49. The van der Waals surface area contributed by atoms with Crippen molar-refractivity contribution in [1.82, 2.24) is 5.32 Å². The van der Waals surface area contributed by atoms with Crippen LogP contribution in [0.25, 0.3) is 0 Å². The summed E-state index contributed by atoms with van der Waals surface area (Å²) in [5.74, 6) is -0.639. The fraction of sp³-hybridized carbons (Fsp3) is 0.133. The van der Waals surface area contributed by atoms with Crippen LogP contribution in [-0.4, -0.2) is 5.91 Å². The van der Waals surface area contributed by atoms with Crippen LogP contribution in [0.4, 0.5) is 4.39 Å². The van der Waals surface area contributed by atoms with Gasteiger partial charge in [-0.2, -0.15) is 0 Å². The molecule has 0 spiro atoms. The lowest BCUT2D eigenvalue weighted by atomic mass is 10.1. The molecule has 5 heteroatoms. The number of hydrogen-bond acceptors (Lipinski definition) is 1. The molecule has 0 bridgehead atoms. The molecule has 0 fully saturated rings.